The van der Waals surface area contributed by atoms with Crippen molar-refractivity contribution in [3.05, 3.63) is 46.6 Å². The van der Waals surface area contributed by atoms with Crippen LogP contribution in [0.4, 0.5) is 15.3 Å². The SMILES string of the molecule is Cc1c[nH]c(=O)n1-c1ccccc1NC(=O)N1CCCC(CN(C)C(=O)OC(C)(C)C)C1. The number of piperidine rings is 1. The third-order valence-electron chi connectivity index (χ3n) is 5.39. The summed E-state index contributed by atoms with van der Waals surface area (Å²) in [7, 11) is 1.72. The minimum atomic E-state index is -0.545. The van der Waals surface area contributed by atoms with Crippen molar-refractivity contribution >= 4 is 17.8 Å². The van der Waals surface area contributed by atoms with Crippen LogP contribution in [0.25, 0.3) is 5.69 Å². The summed E-state index contributed by atoms with van der Waals surface area (Å²) in [6.45, 7) is 9.05. The Bertz CT molecular complexity index is 1020. The second-order valence-electron chi connectivity index (χ2n) is 9.33. The van der Waals surface area contributed by atoms with Gasteiger partial charge in [0.05, 0.1) is 11.4 Å². The lowest BCUT2D eigenvalue weighted by atomic mass is 9.98. The fourth-order valence-corrected chi connectivity index (χ4v) is 3.92. The van der Waals surface area contributed by atoms with Crippen molar-refractivity contribution in [1.82, 2.24) is 19.4 Å². The van der Waals surface area contributed by atoms with Crippen LogP contribution in [0, 0.1) is 12.8 Å². The lowest BCUT2D eigenvalue weighted by molar-refractivity contribution is 0.0253. The van der Waals surface area contributed by atoms with E-state index in [-0.39, 0.29) is 23.7 Å². The molecule has 2 aromatic rings. The number of hydrogen-bond acceptors (Lipinski definition) is 4. The zero-order chi connectivity index (χ0) is 23.5. The standard InChI is InChI=1S/C23H33N5O4/c1-16-13-24-20(29)28(16)19-11-7-6-10-18(19)25-21(30)27-12-8-9-17(15-27)14-26(5)22(31)32-23(2,3)4/h6-7,10-11,13,17H,8-9,12,14-15H2,1-5H3,(H,24,29)(H,25,30). The summed E-state index contributed by atoms with van der Waals surface area (Å²) < 4.78 is 6.96. The minimum absolute atomic E-state index is 0.164. The van der Waals surface area contributed by atoms with Crippen molar-refractivity contribution in [1.29, 1.82) is 0 Å². The molecular formula is C23H33N5O4. The maximum absolute atomic E-state index is 13.0. The summed E-state index contributed by atoms with van der Waals surface area (Å²) in [5.74, 6) is 0.164. The number of carbonyl (C=O) groups is 2. The Morgan fingerprint density at radius 1 is 1.28 bits per heavy atom. The Morgan fingerprint density at radius 3 is 2.66 bits per heavy atom. The third kappa shape index (κ3) is 5.72. The molecule has 0 spiro atoms. The number of imidazole rings is 1. The Balaban J connectivity index is 1.66. The molecule has 0 aliphatic carbocycles. The monoisotopic (exact) mass is 443 g/mol. The van der Waals surface area contributed by atoms with Crippen LogP contribution in [0.15, 0.2) is 35.3 Å². The van der Waals surface area contributed by atoms with Crippen molar-refractivity contribution in [3.8, 4) is 5.69 Å². The lowest BCUT2D eigenvalue weighted by Gasteiger charge is -2.35. The molecule has 1 unspecified atom stereocenters. The van der Waals surface area contributed by atoms with Gasteiger partial charge in [-0.25, -0.2) is 14.4 Å². The van der Waals surface area contributed by atoms with Gasteiger partial charge in [0.25, 0.3) is 0 Å². The topological polar surface area (TPSA) is 99.7 Å². The molecule has 9 nitrogen and oxygen atoms in total. The number of H-pyrrole nitrogens is 1. The molecule has 1 atom stereocenters. The highest BCUT2D eigenvalue weighted by Crippen LogP contribution is 2.23. The first kappa shape index (κ1) is 23.4. The average molecular weight is 444 g/mol. The maximum Gasteiger partial charge on any atom is 0.410 e. The Kier molecular flexibility index (Phi) is 6.96. The maximum atomic E-state index is 13.0. The van der Waals surface area contributed by atoms with Gasteiger partial charge in [-0.1, -0.05) is 12.1 Å². The number of hydrogen-bond donors (Lipinski definition) is 2. The van der Waals surface area contributed by atoms with Crippen molar-refractivity contribution in [2.75, 3.05) is 32.0 Å². The van der Waals surface area contributed by atoms with Crippen LogP contribution in [0.1, 0.15) is 39.3 Å². The van der Waals surface area contributed by atoms with Crippen LogP contribution in [-0.4, -0.2) is 63.8 Å². The van der Waals surface area contributed by atoms with Crippen molar-refractivity contribution in [3.63, 3.8) is 0 Å². The van der Waals surface area contributed by atoms with Gasteiger partial charge in [0, 0.05) is 38.6 Å². The van der Waals surface area contributed by atoms with E-state index in [0.29, 0.717) is 31.0 Å². The molecule has 0 saturated carbocycles. The van der Waals surface area contributed by atoms with E-state index in [1.54, 1.807) is 35.2 Å². The molecule has 1 fully saturated rings. The van der Waals surface area contributed by atoms with Crippen LogP contribution in [0.3, 0.4) is 0 Å². The van der Waals surface area contributed by atoms with E-state index in [1.807, 2.05) is 39.8 Å². The van der Waals surface area contributed by atoms with Crippen molar-refractivity contribution in [2.24, 2.45) is 5.92 Å². The summed E-state index contributed by atoms with van der Waals surface area (Å²) in [5, 5.41) is 2.96. The number of nitrogens with zero attached hydrogens (tertiary/aromatic N) is 3. The molecule has 0 bridgehead atoms. The molecule has 1 saturated heterocycles. The number of urea groups is 1. The molecular weight excluding hydrogens is 410 g/mol. The van der Waals surface area contributed by atoms with Gasteiger partial charge in [0.1, 0.15) is 5.60 Å². The second-order valence-corrected chi connectivity index (χ2v) is 9.33. The van der Waals surface area contributed by atoms with Crippen molar-refractivity contribution in [2.45, 2.75) is 46.1 Å². The summed E-state index contributed by atoms with van der Waals surface area (Å²) >= 11 is 0. The number of likely N-dealkylation sites (tertiary alicyclic amines) is 1. The Hall–Kier alpha value is -3.23. The number of anilines is 1. The second kappa shape index (κ2) is 9.50. The lowest BCUT2D eigenvalue weighted by Crippen LogP contribution is -2.46. The summed E-state index contributed by atoms with van der Waals surface area (Å²) in [4.78, 5) is 43.5. The molecule has 2 heterocycles. The van der Waals surface area contributed by atoms with Gasteiger partial charge in [-0.3, -0.25) is 4.57 Å². The number of benzene rings is 1. The third-order valence-corrected chi connectivity index (χ3v) is 5.39. The molecule has 9 heteroatoms. The fourth-order valence-electron chi connectivity index (χ4n) is 3.92. The summed E-state index contributed by atoms with van der Waals surface area (Å²) in [6.07, 6.45) is 3.07. The Morgan fingerprint density at radius 2 is 2.00 bits per heavy atom. The van der Waals surface area contributed by atoms with E-state index in [2.05, 4.69) is 10.3 Å². The van der Waals surface area contributed by atoms with Gasteiger partial charge in [-0.2, -0.15) is 0 Å². The van der Waals surface area contributed by atoms with E-state index < -0.39 is 5.60 Å². The van der Waals surface area contributed by atoms with E-state index in [9.17, 15) is 14.4 Å². The van der Waals surface area contributed by atoms with Gasteiger partial charge in [-0.15, -0.1) is 0 Å². The zero-order valence-corrected chi connectivity index (χ0v) is 19.5. The first-order chi connectivity index (χ1) is 15.0. The number of aromatic nitrogens is 2. The number of amides is 3. The highest BCUT2D eigenvalue weighted by atomic mass is 16.6. The smallest absolute Gasteiger partial charge is 0.410 e. The number of aryl methyl sites for hydroxylation is 1. The predicted octanol–water partition coefficient (Wildman–Crippen LogP) is 3.58. The molecule has 1 aromatic carbocycles. The quantitative estimate of drug-likeness (QED) is 0.754. The molecule has 174 valence electrons. The van der Waals surface area contributed by atoms with Crippen LogP contribution < -0.4 is 11.0 Å². The van der Waals surface area contributed by atoms with Crippen LogP contribution in [0.2, 0.25) is 0 Å². The highest BCUT2D eigenvalue weighted by molar-refractivity contribution is 5.91. The largest absolute Gasteiger partial charge is 0.444 e. The molecule has 3 rings (SSSR count). The van der Waals surface area contributed by atoms with E-state index in [4.69, 9.17) is 4.74 Å². The average Bonchev–Trinajstić information content (AvgIpc) is 3.05. The number of carbonyl (C=O) groups excluding carboxylic acids is 2. The summed E-state index contributed by atoms with van der Waals surface area (Å²) in [6, 6.07) is 7.01. The van der Waals surface area contributed by atoms with E-state index in [1.165, 1.54) is 4.57 Å². The van der Waals surface area contributed by atoms with Crippen molar-refractivity contribution < 1.29 is 14.3 Å². The van der Waals surface area contributed by atoms with Gasteiger partial charge >= 0.3 is 17.8 Å². The molecule has 32 heavy (non-hydrogen) atoms. The van der Waals surface area contributed by atoms with Crippen LogP contribution in [-0.2, 0) is 4.74 Å². The summed E-state index contributed by atoms with van der Waals surface area (Å²) in [5.41, 5.74) is 1.13. The highest BCUT2D eigenvalue weighted by Gasteiger charge is 2.28. The number of rotatable bonds is 4. The van der Waals surface area contributed by atoms with Crippen LogP contribution in [0.5, 0.6) is 0 Å². The number of para-hydroxylation sites is 2. The first-order valence-corrected chi connectivity index (χ1v) is 10.9. The first-order valence-electron chi connectivity index (χ1n) is 10.9. The van der Waals surface area contributed by atoms with Gasteiger partial charge in [0.15, 0.2) is 0 Å². The molecule has 1 aliphatic rings. The fraction of sp³-hybridized carbons (Fsp3) is 0.522. The normalized spacial score (nSPS) is 16.5. The Labute approximate surface area is 188 Å². The number of ether oxygens (including phenoxy) is 1. The minimum Gasteiger partial charge on any atom is -0.444 e. The molecule has 2 N–H and O–H groups in total. The predicted molar refractivity (Wildman–Crippen MR) is 123 cm³/mol. The van der Waals surface area contributed by atoms with Gasteiger partial charge in [-0.05, 0) is 58.6 Å². The molecule has 3 amide bonds. The zero-order valence-electron chi connectivity index (χ0n) is 19.5. The molecule has 1 aromatic heterocycles. The number of nitrogens with one attached hydrogen (secondary N) is 2. The molecule has 1 aliphatic heterocycles. The van der Waals surface area contributed by atoms with Gasteiger partial charge in [0.2, 0.25) is 0 Å². The van der Waals surface area contributed by atoms with E-state index in [0.717, 1.165) is 18.5 Å². The molecule has 0 radical (unpaired) electrons. The number of aromatic amines is 1. The van der Waals surface area contributed by atoms with Gasteiger partial charge < -0.3 is 24.8 Å². The van der Waals surface area contributed by atoms with E-state index >= 15 is 0 Å². The van der Waals surface area contributed by atoms with Crippen LogP contribution >= 0.6 is 0 Å².